The van der Waals surface area contributed by atoms with Crippen molar-refractivity contribution in [3.05, 3.63) is 27.6 Å². The topological polar surface area (TPSA) is 56.0 Å². The molecule has 2 N–H and O–H groups in total. The highest BCUT2D eigenvalue weighted by atomic mass is 127. The summed E-state index contributed by atoms with van der Waals surface area (Å²) in [4.78, 5) is 14.6. The van der Waals surface area contributed by atoms with Crippen LogP contribution in [-0.4, -0.2) is 10.9 Å². The SMILES string of the molecule is [2H]NC(=O)c1cncc(I)c1. The Labute approximate surface area is 73.2 Å². The maximum atomic E-state index is 10.8. The van der Waals surface area contributed by atoms with Gasteiger partial charge in [-0.05, 0) is 28.7 Å². The summed E-state index contributed by atoms with van der Waals surface area (Å²) in [5, 5.41) is 0. The van der Waals surface area contributed by atoms with Gasteiger partial charge in [0.25, 0.3) is 0 Å². The van der Waals surface area contributed by atoms with E-state index in [4.69, 9.17) is 1.41 Å². The number of primary amides is 1. The van der Waals surface area contributed by atoms with Gasteiger partial charge in [0.05, 0.1) is 5.56 Å². The van der Waals surface area contributed by atoms with Crippen molar-refractivity contribution in [2.75, 3.05) is 0 Å². The molecule has 0 aliphatic rings. The van der Waals surface area contributed by atoms with Crippen molar-refractivity contribution in [3.8, 4) is 0 Å². The molecule has 1 heterocycles. The minimum atomic E-state index is -0.434. The molecule has 0 radical (unpaired) electrons. The van der Waals surface area contributed by atoms with Gasteiger partial charge >= 0.3 is 0 Å². The fraction of sp³-hybridized carbons (Fsp3) is 0. The second-order valence-electron chi connectivity index (χ2n) is 1.72. The molecule has 0 fully saturated rings. The Morgan fingerprint density at radius 2 is 2.60 bits per heavy atom. The number of hydrogen-bond acceptors (Lipinski definition) is 2. The Bertz CT molecular complexity index is 279. The Balaban J connectivity index is 2.96. The van der Waals surface area contributed by atoms with Gasteiger partial charge in [0.1, 0.15) is 0 Å². The van der Waals surface area contributed by atoms with Crippen molar-refractivity contribution in [2.45, 2.75) is 0 Å². The Hall–Kier alpha value is -0.650. The van der Waals surface area contributed by atoms with E-state index in [1.54, 1.807) is 18.0 Å². The molecule has 0 aliphatic carbocycles. The number of pyridine rings is 1. The minimum Gasteiger partial charge on any atom is -0.366 e. The van der Waals surface area contributed by atoms with Crippen molar-refractivity contribution in [1.82, 2.24) is 4.98 Å². The lowest BCUT2D eigenvalue weighted by atomic mass is 10.3. The highest BCUT2D eigenvalue weighted by Gasteiger charge is 1.98. The maximum Gasteiger partial charge on any atom is 0.250 e. The number of carbonyl (C=O) groups excluding carboxylic acids is 1. The standard InChI is InChI=1S/C6H5IN2O/c7-5-1-4(6(8)10)2-9-3-5/h1-3H,(H2,8,10)/i/hD. The van der Waals surface area contributed by atoms with Crippen LogP contribution in [0, 0.1) is 3.57 Å². The van der Waals surface area contributed by atoms with Crippen LogP contribution in [0.25, 0.3) is 0 Å². The molecule has 0 aromatic carbocycles. The number of halogens is 1. The number of rotatable bonds is 1. The second kappa shape index (κ2) is 2.96. The van der Waals surface area contributed by atoms with Crippen molar-refractivity contribution in [1.29, 1.82) is 0 Å². The molecule has 1 rings (SSSR count). The van der Waals surface area contributed by atoms with E-state index >= 15 is 0 Å². The van der Waals surface area contributed by atoms with E-state index in [0.29, 0.717) is 5.56 Å². The molecule has 52 valence electrons. The van der Waals surface area contributed by atoms with Gasteiger partial charge in [-0.2, -0.15) is 0 Å². The number of nitrogens with zero attached hydrogens (tertiary/aromatic N) is 1. The average Bonchev–Trinajstić information content (AvgIpc) is 2.03. The van der Waals surface area contributed by atoms with Crippen LogP contribution in [0.15, 0.2) is 18.5 Å². The number of amides is 1. The van der Waals surface area contributed by atoms with Gasteiger partial charge in [-0.1, -0.05) is 0 Å². The van der Waals surface area contributed by atoms with Gasteiger partial charge in [-0.25, -0.2) is 0 Å². The van der Waals surface area contributed by atoms with Crippen LogP contribution in [0.2, 0.25) is 1.41 Å². The molecule has 0 atom stereocenters. The third kappa shape index (κ3) is 1.66. The quantitative estimate of drug-likeness (QED) is 0.748. The number of carbonyl (C=O) groups is 1. The number of aromatic nitrogens is 1. The van der Waals surface area contributed by atoms with E-state index in [2.05, 4.69) is 27.6 Å². The summed E-state index contributed by atoms with van der Waals surface area (Å²) < 4.78 is 7.47. The first-order valence-corrected chi connectivity index (χ1v) is 3.64. The molecule has 4 heteroatoms. The van der Waals surface area contributed by atoms with E-state index in [9.17, 15) is 4.79 Å². The number of hydrogen-bond donors (Lipinski definition) is 1. The molecule has 1 amide bonds. The summed E-state index contributed by atoms with van der Waals surface area (Å²) >= 11 is 2.05. The molecular formula is C6H5IN2O. The zero-order chi connectivity index (χ0) is 8.27. The van der Waals surface area contributed by atoms with Gasteiger partial charge < -0.3 is 5.73 Å². The van der Waals surface area contributed by atoms with Gasteiger partial charge in [0, 0.05) is 16.0 Å². The maximum absolute atomic E-state index is 10.8. The minimum absolute atomic E-state index is 0.409. The van der Waals surface area contributed by atoms with Gasteiger partial charge in [0.2, 0.25) is 5.91 Å². The largest absolute Gasteiger partial charge is 0.366 e. The summed E-state index contributed by atoms with van der Waals surface area (Å²) in [7, 11) is 0. The van der Waals surface area contributed by atoms with Crippen LogP contribution in [0.3, 0.4) is 0 Å². The molecule has 0 saturated heterocycles. The molecule has 0 aliphatic heterocycles. The lowest BCUT2D eigenvalue weighted by Gasteiger charge is -1.92. The summed E-state index contributed by atoms with van der Waals surface area (Å²) in [6, 6.07) is 1.66. The Kier molecular flexibility index (Phi) is 1.80. The first kappa shape index (κ1) is 6.09. The van der Waals surface area contributed by atoms with E-state index in [-0.39, 0.29) is 0 Å². The van der Waals surface area contributed by atoms with Crippen molar-refractivity contribution < 1.29 is 6.21 Å². The fourth-order valence-electron chi connectivity index (χ4n) is 0.536. The van der Waals surface area contributed by atoms with E-state index in [0.717, 1.165) is 3.57 Å². The highest BCUT2D eigenvalue weighted by Crippen LogP contribution is 2.03. The Morgan fingerprint density at radius 3 is 3.20 bits per heavy atom. The summed E-state index contributed by atoms with van der Waals surface area (Å²) in [5.74, 6) is -0.434. The molecule has 1 aromatic heterocycles. The zero-order valence-electron chi connectivity index (χ0n) is 5.97. The van der Waals surface area contributed by atoms with Crippen LogP contribution in [0.1, 0.15) is 10.4 Å². The van der Waals surface area contributed by atoms with E-state index in [1.807, 2.05) is 0 Å². The molecule has 0 bridgehead atoms. The van der Waals surface area contributed by atoms with Crippen LogP contribution < -0.4 is 5.73 Å². The molecular weight excluding hydrogens is 243 g/mol. The first-order valence-electron chi connectivity index (χ1n) is 3.06. The predicted molar refractivity (Wildman–Crippen MR) is 45.5 cm³/mol. The van der Waals surface area contributed by atoms with Crippen LogP contribution in [0.5, 0.6) is 0 Å². The van der Waals surface area contributed by atoms with Gasteiger partial charge in [-0.15, -0.1) is 0 Å². The second-order valence-corrected chi connectivity index (χ2v) is 2.97. The molecule has 10 heavy (non-hydrogen) atoms. The van der Waals surface area contributed by atoms with Crippen molar-refractivity contribution in [2.24, 2.45) is 5.73 Å². The van der Waals surface area contributed by atoms with Gasteiger partial charge in [0.15, 0.2) is 1.41 Å². The first-order chi connectivity index (χ1) is 5.24. The third-order valence-corrected chi connectivity index (χ3v) is 1.56. The smallest absolute Gasteiger partial charge is 0.250 e. The van der Waals surface area contributed by atoms with Gasteiger partial charge in [-0.3, -0.25) is 9.78 Å². The lowest BCUT2D eigenvalue weighted by molar-refractivity contribution is 0.1000. The monoisotopic (exact) mass is 249 g/mol. The zero-order valence-corrected chi connectivity index (χ0v) is 7.12. The van der Waals surface area contributed by atoms with E-state index < -0.39 is 5.91 Å². The average molecular weight is 249 g/mol. The summed E-state index contributed by atoms with van der Waals surface area (Å²) in [6.45, 7) is 0. The normalized spacial score (nSPS) is 10.3. The van der Waals surface area contributed by atoms with Crippen LogP contribution >= 0.6 is 22.6 Å². The number of nitrogens with two attached hydrogens (primary N) is 1. The van der Waals surface area contributed by atoms with Crippen LogP contribution in [-0.2, 0) is 0 Å². The lowest BCUT2D eigenvalue weighted by Crippen LogP contribution is -2.11. The Morgan fingerprint density at radius 1 is 1.80 bits per heavy atom. The molecule has 3 nitrogen and oxygen atoms in total. The molecule has 0 spiro atoms. The molecule has 0 unspecified atom stereocenters. The van der Waals surface area contributed by atoms with Crippen LogP contribution in [0.4, 0.5) is 0 Å². The third-order valence-electron chi connectivity index (χ3n) is 0.967. The summed E-state index contributed by atoms with van der Waals surface area (Å²) in [5.41, 5.74) is 2.19. The molecule has 0 saturated carbocycles. The van der Waals surface area contributed by atoms with Crippen molar-refractivity contribution in [3.63, 3.8) is 0 Å². The summed E-state index contributed by atoms with van der Waals surface area (Å²) in [6.07, 6.45) is 3.06. The highest BCUT2D eigenvalue weighted by molar-refractivity contribution is 14.1. The predicted octanol–water partition coefficient (Wildman–Crippen LogP) is 0.785. The van der Waals surface area contributed by atoms with E-state index in [1.165, 1.54) is 6.20 Å². The van der Waals surface area contributed by atoms with Crippen molar-refractivity contribution >= 4 is 28.5 Å². The fourth-order valence-corrected chi connectivity index (χ4v) is 1.03. The molecule has 1 aromatic rings.